The van der Waals surface area contributed by atoms with Crippen LogP contribution < -0.4 is 0 Å². The monoisotopic (exact) mass is 376 g/mol. The van der Waals surface area contributed by atoms with Crippen LogP contribution >= 0.6 is 0 Å². The highest BCUT2D eigenvalue weighted by molar-refractivity contribution is 5.92. The minimum atomic E-state index is -0.111. The number of carbonyl (C=O) groups is 2. The van der Waals surface area contributed by atoms with E-state index in [0.717, 1.165) is 65.1 Å². The maximum atomic E-state index is 12.9. The second-order valence-electron chi connectivity index (χ2n) is 7.68. The van der Waals surface area contributed by atoms with Crippen molar-refractivity contribution < 1.29 is 18.7 Å². The van der Waals surface area contributed by atoms with Gasteiger partial charge in [0.15, 0.2) is 12.1 Å². The third kappa shape index (κ3) is 4.50. The van der Waals surface area contributed by atoms with Crippen molar-refractivity contribution in [2.24, 2.45) is 5.92 Å². The molecule has 0 radical (unpaired) electrons. The second kappa shape index (κ2) is 8.39. The average Bonchev–Trinajstić information content (AvgIpc) is 3.42. The van der Waals surface area contributed by atoms with Gasteiger partial charge in [0.25, 0.3) is 5.91 Å². The van der Waals surface area contributed by atoms with E-state index in [-0.39, 0.29) is 23.8 Å². The average molecular weight is 376 g/mol. The van der Waals surface area contributed by atoms with Gasteiger partial charge in [-0.15, -0.1) is 0 Å². The summed E-state index contributed by atoms with van der Waals surface area (Å²) in [5.41, 5.74) is 0.337. The number of morpholine rings is 1. The molecule has 3 heterocycles. The van der Waals surface area contributed by atoms with Gasteiger partial charge in [0.2, 0.25) is 5.91 Å². The lowest BCUT2D eigenvalue weighted by atomic mass is 10.0. The van der Waals surface area contributed by atoms with Crippen LogP contribution in [0.4, 0.5) is 0 Å². The van der Waals surface area contributed by atoms with Gasteiger partial charge < -0.3 is 19.0 Å². The van der Waals surface area contributed by atoms with E-state index in [4.69, 9.17) is 9.15 Å². The maximum Gasteiger partial charge on any atom is 0.275 e. The van der Waals surface area contributed by atoms with E-state index in [2.05, 4.69) is 14.8 Å². The number of amides is 2. The molecule has 1 unspecified atom stereocenters. The van der Waals surface area contributed by atoms with Crippen LogP contribution in [0.3, 0.4) is 0 Å². The minimum absolute atomic E-state index is 0.0868. The molecule has 148 valence electrons. The zero-order valence-corrected chi connectivity index (χ0v) is 15.7. The van der Waals surface area contributed by atoms with Crippen molar-refractivity contribution >= 4 is 11.8 Å². The molecular weight excluding hydrogens is 348 g/mol. The molecule has 1 saturated carbocycles. The largest absolute Gasteiger partial charge is 0.451 e. The van der Waals surface area contributed by atoms with Gasteiger partial charge in [-0.05, 0) is 25.7 Å². The molecule has 2 aliphatic heterocycles. The fourth-order valence-electron chi connectivity index (χ4n) is 3.99. The fourth-order valence-corrected chi connectivity index (χ4v) is 3.99. The molecule has 1 atom stereocenters. The molecule has 0 bridgehead atoms. The predicted molar refractivity (Wildman–Crippen MR) is 97.1 cm³/mol. The van der Waals surface area contributed by atoms with Crippen molar-refractivity contribution in [2.45, 2.75) is 31.7 Å². The third-order valence-corrected chi connectivity index (χ3v) is 5.75. The Morgan fingerprint density at radius 2 is 2.00 bits per heavy atom. The Morgan fingerprint density at radius 1 is 1.19 bits per heavy atom. The molecule has 8 heteroatoms. The van der Waals surface area contributed by atoms with Crippen LogP contribution in [-0.4, -0.2) is 90.0 Å². The van der Waals surface area contributed by atoms with Crippen molar-refractivity contribution in [3.05, 3.63) is 18.4 Å². The molecule has 0 aromatic carbocycles. The Morgan fingerprint density at radius 3 is 2.70 bits per heavy atom. The minimum Gasteiger partial charge on any atom is -0.451 e. The number of piperidine rings is 1. The summed E-state index contributed by atoms with van der Waals surface area (Å²) in [6.07, 6.45) is 6.52. The SMILES string of the molecule is O=C(c1cocn1)N1CCCC(N(CCN2CCOCC2)C(=O)C2CC2)C1. The number of hydrogen-bond acceptors (Lipinski definition) is 6. The lowest BCUT2D eigenvalue weighted by Crippen LogP contribution is -2.54. The normalized spacial score (nSPS) is 24.0. The van der Waals surface area contributed by atoms with Crippen LogP contribution in [0.15, 0.2) is 17.1 Å². The molecule has 4 rings (SSSR count). The van der Waals surface area contributed by atoms with E-state index in [0.29, 0.717) is 18.8 Å². The van der Waals surface area contributed by atoms with Crippen LogP contribution in [0.2, 0.25) is 0 Å². The highest BCUT2D eigenvalue weighted by Gasteiger charge is 2.38. The summed E-state index contributed by atoms with van der Waals surface area (Å²) in [5.74, 6) is 0.348. The smallest absolute Gasteiger partial charge is 0.275 e. The summed E-state index contributed by atoms with van der Waals surface area (Å²) in [6, 6.07) is 0.0868. The van der Waals surface area contributed by atoms with E-state index >= 15 is 0 Å². The zero-order valence-electron chi connectivity index (χ0n) is 15.7. The van der Waals surface area contributed by atoms with Gasteiger partial charge in [-0.25, -0.2) is 4.98 Å². The number of rotatable bonds is 6. The first-order valence-electron chi connectivity index (χ1n) is 10.0. The number of oxazole rings is 1. The Labute approximate surface area is 159 Å². The van der Waals surface area contributed by atoms with Crippen LogP contribution in [0.5, 0.6) is 0 Å². The van der Waals surface area contributed by atoms with E-state index in [1.54, 1.807) is 0 Å². The zero-order chi connectivity index (χ0) is 18.6. The molecule has 1 aromatic rings. The molecule has 27 heavy (non-hydrogen) atoms. The number of nitrogens with zero attached hydrogens (tertiary/aromatic N) is 4. The maximum absolute atomic E-state index is 12.9. The molecule has 0 N–H and O–H groups in total. The number of hydrogen-bond donors (Lipinski definition) is 0. The first-order chi connectivity index (χ1) is 13.2. The molecule has 8 nitrogen and oxygen atoms in total. The van der Waals surface area contributed by atoms with Crippen molar-refractivity contribution in [3.63, 3.8) is 0 Å². The van der Waals surface area contributed by atoms with E-state index < -0.39 is 0 Å². The van der Waals surface area contributed by atoms with Gasteiger partial charge in [-0.1, -0.05) is 0 Å². The lowest BCUT2D eigenvalue weighted by molar-refractivity contribution is -0.136. The molecule has 2 amide bonds. The van der Waals surface area contributed by atoms with E-state index in [9.17, 15) is 9.59 Å². The van der Waals surface area contributed by atoms with Crippen molar-refractivity contribution in [1.29, 1.82) is 0 Å². The Balaban J connectivity index is 1.40. The molecule has 2 saturated heterocycles. The Hall–Kier alpha value is -1.93. The Bertz CT molecular complexity index is 640. The van der Waals surface area contributed by atoms with Crippen LogP contribution in [0.25, 0.3) is 0 Å². The molecule has 0 spiro atoms. The highest BCUT2D eigenvalue weighted by atomic mass is 16.5. The van der Waals surface area contributed by atoms with Crippen LogP contribution in [0, 0.1) is 5.92 Å². The third-order valence-electron chi connectivity index (χ3n) is 5.75. The van der Waals surface area contributed by atoms with Gasteiger partial charge in [-0.3, -0.25) is 14.5 Å². The molecule has 1 aliphatic carbocycles. The van der Waals surface area contributed by atoms with Crippen molar-refractivity contribution in [3.8, 4) is 0 Å². The van der Waals surface area contributed by atoms with Gasteiger partial charge in [0.05, 0.1) is 13.2 Å². The summed E-state index contributed by atoms with van der Waals surface area (Å²) in [4.78, 5) is 35.8. The number of ether oxygens (including phenoxy) is 1. The van der Waals surface area contributed by atoms with E-state index in [1.165, 1.54) is 12.7 Å². The van der Waals surface area contributed by atoms with Crippen LogP contribution in [0.1, 0.15) is 36.2 Å². The number of likely N-dealkylation sites (tertiary alicyclic amines) is 1. The molecule has 3 aliphatic rings. The summed E-state index contributed by atoms with van der Waals surface area (Å²) in [6.45, 7) is 6.26. The standard InChI is InChI=1S/C19H28N4O4/c24-18(15-3-4-15)23(7-6-21-8-10-26-11-9-21)16-2-1-5-22(12-16)19(25)17-13-27-14-20-17/h13-16H,1-12H2. The van der Waals surface area contributed by atoms with Gasteiger partial charge in [-0.2, -0.15) is 0 Å². The highest BCUT2D eigenvalue weighted by Crippen LogP contribution is 2.32. The van der Waals surface area contributed by atoms with Gasteiger partial charge in [0.1, 0.15) is 6.26 Å². The van der Waals surface area contributed by atoms with Crippen LogP contribution in [-0.2, 0) is 9.53 Å². The summed E-state index contributed by atoms with van der Waals surface area (Å²) < 4.78 is 10.4. The predicted octanol–water partition coefficient (Wildman–Crippen LogP) is 0.850. The summed E-state index contributed by atoms with van der Waals surface area (Å²) in [5, 5.41) is 0. The van der Waals surface area contributed by atoms with E-state index in [1.807, 2.05) is 4.90 Å². The molecule has 1 aromatic heterocycles. The fraction of sp³-hybridized carbons (Fsp3) is 0.737. The first kappa shape index (κ1) is 18.4. The second-order valence-corrected chi connectivity index (χ2v) is 7.68. The van der Waals surface area contributed by atoms with Crippen molar-refractivity contribution in [1.82, 2.24) is 19.7 Å². The molecule has 3 fully saturated rings. The number of aromatic nitrogens is 1. The topological polar surface area (TPSA) is 79.1 Å². The van der Waals surface area contributed by atoms with Gasteiger partial charge >= 0.3 is 0 Å². The number of carbonyl (C=O) groups excluding carboxylic acids is 2. The summed E-state index contributed by atoms with van der Waals surface area (Å²) in [7, 11) is 0. The Kier molecular flexibility index (Phi) is 5.73. The summed E-state index contributed by atoms with van der Waals surface area (Å²) >= 11 is 0. The van der Waals surface area contributed by atoms with Crippen molar-refractivity contribution in [2.75, 3.05) is 52.5 Å². The quantitative estimate of drug-likeness (QED) is 0.732. The van der Waals surface area contributed by atoms with Gasteiger partial charge in [0, 0.05) is 51.2 Å². The lowest BCUT2D eigenvalue weighted by Gasteiger charge is -2.40. The molecular formula is C19H28N4O4. The first-order valence-corrected chi connectivity index (χ1v) is 10.0.